The van der Waals surface area contributed by atoms with Crippen LogP contribution in [0.1, 0.15) is 13.8 Å². The molecule has 0 aliphatic carbocycles. The van der Waals surface area contributed by atoms with Crippen LogP contribution in [0.3, 0.4) is 0 Å². The van der Waals surface area contributed by atoms with E-state index in [-0.39, 0.29) is 5.78 Å². The highest BCUT2D eigenvalue weighted by molar-refractivity contribution is 7.41. The van der Waals surface area contributed by atoms with Gasteiger partial charge in [-0.1, -0.05) is 6.58 Å². The average Bonchev–Trinajstić information content (AvgIpc) is 2.13. The zero-order chi connectivity index (χ0) is 12.9. The van der Waals surface area contributed by atoms with Gasteiger partial charge in [0.1, 0.15) is 13.2 Å². The van der Waals surface area contributed by atoms with Crippen molar-refractivity contribution in [3.63, 3.8) is 0 Å². The number of hydrogen-bond donors (Lipinski definition) is 0. The van der Waals surface area contributed by atoms with Crippen LogP contribution in [0, 0.1) is 0 Å². The zero-order valence-corrected chi connectivity index (χ0v) is 11.9. The maximum Gasteiger partial charge on any atom is 0.202 e. The SMILES string of the molecule is C=C(C)C(=O)C(C)[PH](=O)OCC[N+](C)(C)C. The Labute approximate surface area is 98.7 Å². The molecule has 0 saturated heterocycles. The molecule has 2 unspecified atom stereocenters. The molecule has 0 N–H and O–H groups in total. The van der Waals surface area contributed by atoms with Crippen LogP contribution in [-0.2, 0) is 13.9 Å². The van der Waals surface area contributed by atoms with E-state index in [0.29, 0.717) is 12.2 Å². The maximum absolute atomic E-state index is 11.7. The summed E-state index contributed by atoms with van der Waals surface area (Å²) in [7, 11) is 3.79. The van der Waals surface area contributed by atoms with Gasteiger partial charge < -0.3 is 9.01 Å². The molecule has 16 heavy (non-hydrogen) atoms. The molecule has 0 aromatic heterocycles. The monoisotopic (exact) mass is 248 g/mol. The fourth-order valence-electron chi connectivity index (χ4n) is 1.02. The Morgan fingerprint density at radius 1 is 1.44 bits per heavy atom. The molecule has 0 aliphatic rings. The molecule has 5 heteroatoms. The lowest BCUT2D eigenvalue weighted by Crippen LogP contribution is -2.37. The number of carbonyl (C=O) groups is 1. The molecule has 4 nitrogen and oxygen atoms in total. The van der Waals surface area contributed by atoms with Crippen molar-refractivity contribution < 1.29 is 18.4 Å². The van der Waals surface area contributed by atoms with Crippen LogP contribution < -0.4 is 0 Å². The molecule has 0 aromatic rings. The number of hydrogen-bond acceptors (Lipinski definition) is 3. The summed E-state index contributed by atoms with van der Waals surface area (Å²) in [4.78, 5) is 11.5. The van der Waals surface area contributed by atoms with Crippen molar-refractivity contribution in [2.45, 2.75) is 19.5 Å². The number of quaternary nitrogens is 1. The summed E-state index contributed by atoms with van der Waals surface area (Å²) in [5.74, 6) is -0.172. The predicted molar refractivity (Wildman–Crippen MR) is 67.1 cm³/mol. The molecular formula is C11H23NO3P+. The third-order valence-electron chi connectivity index (χ3n) is 2.17. The van der Waals surface area contributed by atoms with Crippen LogP contribution >= 0.6 is 8.03 Å². The standard InChI is InChI=1S/C11H23NO3P/c1-9(2)11(13)10(3)16(14)15-8-7-12(4,5)6/h10,16H,1,7-8H2,2-6H3/q+1. The van der Waals surface area contributed by atoms with Gasteiger partial charge in [0.05, 0.1) is 26.8 Å². The number of nitrogens with zero attached hydrogens (tertiary/aromatic N) is 1. The Hall–Kier alpha value is -0.440. The first-order valence-corrected chi connectivity index (χ1v) is 6.71. The maximum atomic E-state index is 11.7. The first kappa shape index (κ1) is 15.6. The van der Waals surface area contributed by atoms with E-state index in [1.165, 1.54) is 0 Å². The molecule has 0 spiro atoms. The van der Waals surface area contributed by atoms with Gasteiger partial charge in [0.15, 0.2) is 5.78 Å². The third kappa shape index (κ3) is 6.21. The van der Waals surface area contributed by atoms with E-state index in [1.807, 2.05) is 21.1 Å². The molecule has 0 bridgehead atoms. The summed E-state index contributed by atoms with van der Waals surface area (Å²) in [5, 5.41) is 0. The van der Waals surface area contributed by atoms with Gasteiger partial charge in [-0.05, 0) is 19.4 Å². The highest BCUT2D eigenvalue weighted by Crippen LogP contribution is 2.30. The summed E-state index contributed by atoms with van der Waals surface area (Å²) in [6.07, 6.45) is 0. The van der Waals surface area contributed by atoms with Gasteiger partial charge in [0, 0.05) is 0 Å². The average molecular weight is 248 g/mol. The topological polar surface area (TPSA) is 43.4 Å². The molecule has 0 fully saturated rings. The summed E-state index contributed by atoms with van der Waals surface area (Å²) >= 11 is 0. The predicted octanol–water partition coefficient (Wildman–Crippen LogP) is 1.72. The van der Waals surface area contributed by atoms with E-state index in [4.69, 9.17) is 4.52 Å². The first-order chi connectivity index (χ1) is 7.15. The van der Waals surface area contributed by atoms with Crippen LogP contribution in [0.25, 0.3) is 0 Å². The van der Waals surface area contributed by atoms with Crippen molar-refractivity contribution >= 4 is 13.8 Å². The second kappa shape index (κ2) is 6.33. The van der Waals surface area contributed by atoms with Gasteiger partial charge in [-0.25, -0.2) is 0 Å². The Kier molecular flexibility index (Phi) is 6.16. The largest absolute Gasteiger partial charge is 0.329 e. The van der Waals surface area contributed by atoms with Crippen molar-refractivity contribution in [3.05, 3.63) is 12.2 Å². The summed E-state index contributed by atoms with van der Waals surface area (Å²) in [5.41, 5.74) is -0.129. The molecule has 0 rings (SSSR count). The second-order valence-corrected chi connectivity index (χ2v) is 6.84. The summed E-state index contributed by atoms with van der Waals surface area (Å²) < 4.78 is 17.6. The van der Waals surface area contributed by atoms with Gasteiger partial charge in [0.25, 0.3) is 0 Å². The Bertz CT molecular complexity index is 294. The smallest absolute Gasteiger partial charge is 0.202 e. The van der Waals surface area contributed by atoms with E-state index in [0.717, 1.165) is 11.0 Å². The highest BCUT2D eigenvalue weighted by atomic mass is 31.1. The molecular weight excluding hydrogens is 225 g/mol. The van der Waals surface area contributed by atoms with E-state index in [1.54, 1.807) is 13.8 Å². The van der Waals surface area contributed by atoms with Crippen LogP contribution in [0.5, 0.6) is 0 Å². The Morgan fingerprint density at radius 2 is 1.94 bits per heavy atom. The highest BCUT2D eigenvalue weighted by Gasteiger charge is 2.21. The van der Waals surface area contributed by atoms with Crippen LogP contribution in [0.4, 0.5) is 0 Å². The van der Waals surface area contributed by atoms with Gasteiger partial charge >= 0.3 is 0 Å². The van der Waals surface area contributed by atoms with E-state index >= 15 is 0 Å². The first-order valence-electron chi connectivity index (χ1n) is 5.32. The molecule has 0 heterocycles. The lowest BCUT2D eigenvalue weighted by atomic mass is 10.2. The number of ketones is 1. The molecule has 0 saturated carbocycles. The number of allylic oxidation sites excluding steroid dienone is 1. The number of likely N-dealkylation sites (N-methyl/N-ethyl adjacent to an activating group) is 1. The number of rotatable bonds is 7. The van der Waals surface area contributed by atoms with Gasteiger partial charge in [-0.3, -0.25) is 9.36 Å². The number of Topliss-reactive ketones (excluding diaryl/α,β-unsaturated/α-hetero) is 1. The van der Waals surface area contributed by atoms with Crippen LogP contribution in [0.15, 0.2) is 12.2 Å². The normalized spacial score (nSPS) is 15.6. The summed E-state index contributed by atoms with van der Waals surface area (Å²) in [6, 6.07) is 0. The lowest BCUT2D eigenvalue weighted by molar-refractivity contribution is -0.870. The van der Waals surface area contributed by atoms with Crippen molar-refractivity contribution in [2.24, 2.45) is 0 Å². The van der Waals surface area contributed by atoms with Gasteiger partial charge in [0.2, 0.25) is 8.03 Å². The minimum absolute atomic E-state index is 0.172. The van der Waals surface area contributed by atoms with Crippen molar-refractivity contribution in [1.29, 1.82) is 0 Å². The molecule has 0 radical (unpaired) electrons. The van der Waals surface area contributed by atoms with Crippen LogP contribution in [-0.4, -0.2) is 50.2 Å². The van der Waals surface area contributed by atoms with Gasteiger partial charge in [-0.2, -0.15) is 0 Å². The minimum Gasteiger partial charge on any atom is -0.329 e. The Morgan fingerprint density at radius 3 is 2.31 bits per heavy atom. The minimum atomic E-state index is -2.30. The molecule has 0 aliphatic heterocycles. The van der Waals surface area contributed by atoms with Crippen LogP contribution in [0.2, 0.25) is 0 Å². The molecule has 2 atom stereocenters. The van der Waals surface area contributed by atoms with Gasteiger partial charge in [-0.15, -0.1) is 0 Å². The van der Waals surface area contributed by atoms with Crippen molar-refractivity contribution in [1.82, 2.24) is 0 Å². The van der Waals surface area contributed by atoms with Crippen molar-refractivity contribution in [2.75, 3.05) is 34.3 Å². The fraction of sp³-hybridized carbons (Fsp3) is 0.727. The molecule has 0 amide bonds. The molecule has 0 aromatic carbocycles. The van der Waals surface area contributed by atoms with E-state index in [9.17, 15) is 9.36 Å². The zero-order valence-electron chi connectivity index (χ0n) is 10.9. The molecule has 94 valence electrons. The summed E-state index contributed by atoms with van der Waals surface area (Å²) in [6.45, 7) is 7.98. The second-order valence-electron chi connectivity index (χ2n) is 5.05. The Balaban J connectivity index is 4.08. The fourth-order valence-corrected chi connectivity index (χ4v) is 2.02. The van der Waals surface area contributed by atoms with Crippen molar-refractivity contribution in [3.8, 4) is 0 Å². The number of carbonyl (C=O) groups excluding carboxylic acids is 1. The lowest BCUT2D eigenvalue weighted by Gasteiger charge is -2.23. The van der Waals surface area contributed by atoms with E-state index < -0.39 is 13.7 Å². The third-order valence-corrected chi connectivity index (χ3v) is 3.63. The van der Waals surface area contributed by atoms with E-state index in [2.05, 4.69) is 6.58 Å². The quantitative estimate of drug-likeness (QED) is 0.391.